The van der Waals surface area contributed by atoms with Gasteiger partial charge in [-0.15, -0.1) is 0 Å². The second-order valence-electron chi connectivity index (χ2n) is 5.58. The summed E-state index contributed by atoms with van der Waals surface area (Å²) in [6.45, 7) is 6.17. The van der Waals surface area contributed by atoms with E-state index in [9.17, 15) is 0 Å². The average molecular weight is 286 g/mol. The lowest BCUT2D eigenvalue weighted by molar-refractivity contribution is 1.25. The van der Waals surface area contributed by atoms with Crippen LogP contribution in [0.15, 0.2) is 66.7 Å². The molecule has 0 bridgehead atoms. The van der Waals surface area contributed by atoms with E-state index in [1.54, 1.807) is 0 Å². The summed E-state index contributed by atoms with van der Waals surface area (Å²) >= 11 is 0. The molecule has 0 atom stereocenters. The molecule has 0 heterocycles. The first-order valence-electron chi connectivity index (χ1n) is 8.09. The largest absolute Gasteiger partial charge is 0.0683 e. The molecule has 0 saturated heterocycles. The normalized spacial score (nSPS) is 11.2. The van der Waals surface area contributed by atoms with Gasteiger partial charge in [0.1, 0.15) is 0 Å². The highest BCUT2D eigenvalue weighted by atomic mass is 14.2. The third-order valence-corrected chi connectivity index (χ3v) is 4.14. The summed E-state index contributed by atoms with van der Waals surface area (Å²) in [5, 5.41) is 0. The fraction of sp³-hybridized carbons (Fsp3) is 0.182. The van der Waals surface area contributed by atoms with Crippen molar-refractivity contribution in [2.75, 3.05) is 0 Å². The maximum Gasteiger partial charge on any atom is -0.00131 e. The molecule has 1 aliphatic carbocycles. The van der Waals surface area contributed by atoms with Gasteiger partial charge in [0.25, 0.3) is 0 Å². The SMILES string of the molecule is CC.Cc1ccc2c(c1)Cc1cc(-c3ccccc3)ccc1-2. The lowest BCUT2D eigenvalue weighted by Gasteiger charge is -2.05. The van der Waals surface area contributed by atoms with Crippen LogP contribution in [0.1, 0.15) is 30.5 Å². The van der Waals surface area contributed by atoms with Crippen LogP contribution < -0.4 is 0 Å². The molecule has 0 spiro atoms. The molecule has 0 N–H and O–H groups in total. The Hall–Kier alpha value is -2.34. The summed E-state index contributed by atoms with van der Waals surface area (Å²) in [6.07, 6.45) is 1.06. The van der Waals surface area contributed by atoms with Gasteiger partial charge in [-0.2, -0.15) is 0 Å². The predicted molar refractivity (Wildman–Crippen MR) is 96.2 cm³/mol. The van der Waals surface area contributed by atoms with Gasteiger partial charge < -0.3 is 0 Å². The molecule has 0 fully saturated rings. The fourth-order valence-electron chi connectivity index (χ4n) is 3.15. The van der Waals surface area contributed by atoms with Gasteiger partial charge in [-0.25, -0.2) is 0 Å². The lowest BCUT2D eigenvalue weighted by Crippen LogP contribution is -1.83. The first-order valence-corrected chi connectivity index (χ1v) is 8.09. The molecular formula is C22H22. The van der Waals surface area contributed by atoms with Gasteiger partial charge >= 0.3 is 0 Å². The molecule has 3 aromatic rings. The minimum absolute atomic E-state index is 1.06. The van der Waals surface area contributed by atoms with Crippen molar-refractivity contribution in [1.29, 1.82) is 0 Å². The van der Waals surface area contributed by atoms with Crippen molar-refractivity contribution < 1.29 is 0 Å². The molecular weight excluding hydrogens is 264 g/mol. The number of fused-ring (bicyclic) bond motifs is 3. The standard InChI is InChI=1S/C20H16.C2H6/c1-14-7-9-19-17(11-14)13-18-12-16(8-10-20(18)19)15-5-3-2-4-6-15;1-2/h2-12H,13H2,1H3;1-2H3. The molecule has 0 heteroatoms. The van der Waals surface area contributed by atoms with Gasteiger partial charge in [0.05, 0.1) is 0 Å². The van der Waals surface area contributed by atoms with Crippen LogP contribution in [0.4, 0.5) is 0 Å². The maximum atomic E-state index is 2.35. The Labute approximate surface area is 133 Å². The Morgan fingerprint density at radius 3 is 2.00 bits per heavy atom. The van der Waals surface area contributed by atoms with E-state index < -0.39 is 0 Å². The van der Waals surface area contributed by atoms with Crippen LogP contribution in [0, 0.1) is 6.92 Å². The molecule has 0 aromatic heterocycles. The zero-order valence-electron chi connectivity index (χ0n) is 13.6. The first kappa shape index (κ1) is 14.6. The summed E-state index contributed by atoms with van der Waals surface area (Å²) in [5.74, 6) is 0. The van der Waals surface area contributed by atoms with Gasteiger partial charge in [0.2, 0.25) is 0 Å². The Kier molecular flexibility index (Phi) is 4.11. The second kappa shape index (κ2) is 6.19. The van der Waals surface area contributed by atoms with Crippen molar-refractivity contribution in [1.82, 2.24) is 0 Å². The van der Waals surface area contributed by atoms with Crippen LogP contribution in [-0.2, 0) is 6.42 Å². The van der Waals surface area contributed by atoms with Crippen molar-refractivity contribution in [3.05, 3.63) is 83.4 Å². The quantitative estimate of drug-likeness (QED) is 0.387. The van der Waals surface area contributed by atoms with Gasteiger partial charge in [0, 0.05) is 0 Å². The minimum Gasteiger partial charge on any atom is -0.0683 e. The Morgan fingerprint density at radius 2 is 1.27 bits per heavy atom. The van der Waals surface area contributed by atoms with Crippen molar-refractivity contribution in [3.63, 3.8) is 0 Å². The zero-order valence-corrected chi connectivity index (χ0v) is 13.6. The van der Waals surface area contributed by atoms with Crippen LogP contribution in [0.5, 0.6) is 0 Å². The van der Waals surface area contributed by atoms with E-state index in [0.29, 0.717) is 0 Å². The second-order valence-corrected chi connectivity index (χ2v) is 5.58. The number of hydrogen-bond acceptors (Lipinski definition) is 0. The molecule has 0 nitrogen and oxygen atoms in total. The van der Waals surface area contributed by atoms with E-state index in [-0.39, 0.29) is 0 Å². The van der Waals surface area contributed by atoms with E-state index in [1.165, 1.54) is 38.9 Å². The highest BCUT2D eigenvalue weighted by Crippen LogP contribution is 2.38. The van der Waals surface area contributed by atoms with Gasteiger partial charge in [-0.05, 0) is 46.7 Å². The summed E-state index contributed by atoms with van der Waals surface area (Å²) < 4.78 is 0. The molecule has 1 aliphatic rings. The smallest absolute Gasteiger partial charge is 0.00131 e. The van der Waals surface area contributed by atoms with Crippen molar-refractivity contribution >= 4 is 0 Å². The van der Waals surface area contributed by atoms with Crippen molar-refractivity contribution in [3.8, 4) is 22.3 Å². The third-order valence-electron chi connectivity index (χ3n) is 4.14. The van der Waals surface area contributed by atoms with E-state index in [2.05, 4.69) is 73.7 Å². The number of hydrogen-bond donors (Lipinski definition) is 0. The molecule has 0 unspecified atom stereocenters. The van der Waals surface area contributed by atoms with Crippen LogP contribution in [-0.4, -0.2) is 0 Å². The first-order chi connectivity index (χ1) is 10.8. The number of aryl methyl sites for hydroxylation is 1. The highest BCUT2D eigenvalue weighted by molar-refractivity contribution is 5.80. The Balaban J connectivity index is 0.000000693. The Morgan fingerprint density at radius 1 is 0.636 bits per heavy atom. The van der Waals surface area contributed by atoms with E-state index in [4.69, 9.17) is 0 Å². The highest BCUT2D eigenvalue weighted by Gasteiger charge is 2.18. The summed E-state index contributed by atoms with van der Waals surface area (Å²) in [5.41, 5.74) is 9.68. The van der Waals surface area contributed by atoms with Crippen molar-refractivity contribution in [2.45, 2.75) is 27.2 Å². The van der Waals surface area contributed by atoms with E-state index in [1.807, 2.05) is 13.8 Å². The molecule has 0 aliphatic heterocycles. The van der Waals surface area contributed by atoms with E-state index in [0.717, 1.165) is 6.42 Å². The molecule has 0 radical (unpaired) electrons. The molecule has 0 saturated carbocycles. The summed E-state index contributed by atoms with van der Waals surface area (Å²) in [6, 6.07) is 24.3. The summed E-state index contributed by atoms with van der Waals surface area (Å²) in [4.78, 5) is 0. The summed E-state index contributed by atoms with van der Waals surface area (Å²) in [7, 11) is 0. The monoisotopic (exact) mass is 286 g/mol. The van der Waals surface area contributed by atoms with Gasteiger partial charge in [0.15, 0.2) is 0 Å². The predicted octanol–water partition coefficient (Wildman–Crippen LogP) is 6.26. The van der Waals surface area contributed by atoms with Crippen LogP contribution in [0.2, 0.25) is 0 Å². The van der Waals surface area contributed by atoms with E-state index >= 15 is 0 Å². The molecule has 110 valence electrons. The third kappa shape index (κ3) is 2.57. The minimum atomic E-state index is 1.06. The molecule has 0 amide bonds. The number of benzene rings is 3. The zero-order chi connectivity index (χ0) is 15.5. The topological polar surface area (TPSA) is 0 Å². The average Bonchev–Trinajstić information content (AvgIpc) is 2.94. The number of rotatable bonds is 1. The molecule has 22 heavy (non-hydrogen) atoms. The van der Waals surface area contributed by atoms with Gasteiger partial charge in [-0.3, -0.25) is 0 Å². The lowest BCUT2D eigenvalue weighted by atomic mass is 9.99. The van der Waals surface area contributed by atoms with Gasteiger partial charge in [-0.1, -0.05) is 86.1 Å². The maximum absolute atomic E-state index is 2.35. The fourth-order valence-corrected chi connectivity index (χ4v) is 3.15. The molecule has 4 rings (SSSR count). The van der Waals surface area contributed by atoms with Crippen LogP contribution in [0.25, 0.3) is 22.3 Å². The van der Waals surface area contributed by atoms with Crippen molar-refractivity contribution in [2.24, 2.45) is 0 Å². The molecule has 3 aromatic carbocycles. The Bertz CT molecular complexity index is 782. The van der Waals surface area contributed by atoms with Crippen LogP contribution >= 0.6 is 0 Å². The van der Waals surface area contributed by atoms with Crippen LogP contribution in [0.3, 0.4) is 0 Å².